The normalized spacial score (nSPS) is 19.3. The second-order valence-corrected chi connectivity index (χ2v) is 9.37. The summed E-state index contributed by atoms with van der Waals surface area (Å²) in [6, 6.07) is -0.367. The van der Waals surface area contributed by atoms with Gasteiger partial charge in [-0.3, -0.25) is 19.3 Å². The van der Waals surface area contributed by atoms with Gasteiger partial charge < -0.3 is 5.11 Å². The lowest BCUT2D eigenvalue weighted by atomic mass is 10.1. The average molecular weight is 402 g/mol. The molecule has 7 nitrogen and oxygen atoms in total. The summed E-state index contributed by atoms with van der Waals surface area (Å²) in [6.07, 6.45) is 8.34. The van der Waals surface area contributed by atoms with Crippen molar-refractivity contribution in [1.29, 1.82) is 0 Å². The molecule has 0 radical (unpaired) electrons. The van der Waals surface area contributed by atoms with E-state index in [0.29, 0.717) is 13.0 Å². The molecule has 1 aliphatic heterocycles. The van der Waals surface area contributed by atoms with Crippen molar-refractivity contribution < 1.29 is 13.5 Å². The van der Waals surface area contributed by atoms with E-state index in [1.165, 1.54) is 30.0 Å². The molecule has 0 amide bonds. The fourth-order valence-electron chi connectivity index (χ4n) is 3.02. The zero-order valence-electron chi connectivity index (χ0n) is 15.1. The lowest BCUT2D eigenvalue weighted by Crippen LogP contribution is -2.19. The van der Waals surface area contributed by atoms with E-state index < -0.39 is 15.4 Å². The summed E-state index contributed by atoms with van der Waals surface area (Å²) in [4.78, 5) is 18.8. The molecule has 1 fully saturated rings. The van der Waals surface area contributed by atoms with Crippen molar-refractivity contribution in [1.82, 2.24) is 9.55 Å². The van der Waals surface area contributed by atoms with Crippen LogP contribution in [0.2, 0.25) is 0 Å². The number of rotatable bonds is 9. The van der Waals surface area contributed by atoms with Crippen LogP contribution in [0.3, 0.4) is 0 Å². The summed E-state index contributed by atoms with van der Waals surface area (Å²) < 4.78 is 24.7. The van der Waals surface area contributed by atoms with E-state index in [4.69, 9.17) is 12.2 Å². The van der Waals surface area contributed by atoms with E-state index >= 15 is 0 Å². The van der Waals surface area contributed by atoms with E-state index in [0.717, 1.165) is 19.3 Å². The summed E-state index contributed by atoms with van der Waals surface area (Å²) in [7, 11) is -3.04. The summed E-state index contributed by atoms with van der Waals surface area (Å²) in [5.74, 6) is -0.114. The predicted octanol–water partition coefficient (Wildman–Crippen LogP) is 2.58. The standard InChI is InChI=1S/C17H27N3O4S2/c1-2-3-4-5-6-7-9-20-16(22)14(15(21)19-17(20)25)11-18-13-8-10-26(23,24)12-13/h11,13,22H,2-10,12H2,1H3,(H,19,21,25). The van der Waals surface area contributed by atoms with Gasteiger partial charge in [0.2, 0.25) is 5.88 Å². The van der Waals surface area contributed by atoms with Crippen LogP contribution in [-0.4, -0.2) is 46.8 Å². The summed E-state index contributed by atoms with van der Waals surface area (Å²) in [6.45, 7) is 2.69. The first-order valence-corrected chi connectivity index (χ1v) is 11.4. The minimum atomic E-state index is -3.04. The topological polar surface area (TPSA) is 105 Å². The Morgan fingerprint density at radius 3 is 2.65 bits per heavy atom. The van der Waals surface area contributed by atoms with Gasteiger partial charge in [-0.25, -0.2) is 8.42 Å². The minimum Gasteiger partial charge on any atom is -0.494 e. The number of nitrogens with one attached hydrogen (secondary N) is 1. The lowest BCUT2D eigenvalue weighted by Gasteiger charge is -2.11. The average Bonchev–Trinajstić information content (AvgIpc) is 2.92. The third-order valence-corrected chi connectivity index (χ3v) is 6.64. The Morgan fingerprint density at radius 1 is 1.31 bits per heavy atom. The molecule has 2 heterocycles. The van der Waals surface area contributed by atoms with Gasteiger partial charge in [-0.2, -0.15) is 0 Å². The SMILES string of the molecule is CCCCCCCCn1c(O)c(C=NC2CCS(=O)(=O)C2)c(=O)[nH]c1=S. The Morgan fingerprint density at radius 2 is 2.00 bits per heavy atom. The molecule has 1 aliphatic rings. The first-order valence-electron chi connectivity index (χ1n) is 9.13. The number of sulfone groups is 1. The number of aromatic hydroxyl groups is 1. The molecule has 146 valence electrons. The van der Waals surface area contributed by atoms with Crippen LogP contribution in [0.15, 0.2) is 9.79 Å². The van der Waals surface area contributed by atoms with Crippen molar-refractivity contribution in [2.24, 2.45) is 4.99 Å². The van der Waals surface area contributed by atoms with Crippen molar-refractivity contribution in [3.63, 3.8) is 0 Å². The van der Waals surface area contributed by atoms with Crippen LogP contribution in [0.5, 0.6) is 5.88 Å². The van der Waals surface area contributed by atoms with Crippen molar-refractivity contribution in [2.75, 3.05) is 11.5 Å². The largest absolute Gasteiger partial charge is 0.494 e. The van der Waals surface area contributed by atoms with Crippen LogP contribution in [0.4, 0.5) is 0 Å². The van der Waals surface area contributed by atoms with Gasteiger partial charge in [-0.1, -0.05) is 39.0 Å². The number of H-pyrrole nitrogens is 1. The van der Waals surface area contributed by atoms with Gasteiger partial charge in [0.1, 0.15) is 5.56 Å². The number of unbranched alkanes of at least 4 members (excludes halogenated alkanes) is 5. The third-order valence-electron chi connectivity index (χ3n) is 4.56. The van der Waals surface area contributed by atoms with E-state index in [1.54, 1.807) is 0 Å². The lowest BCUT2D eigenvalue weighted by molar-refractivity contribution is 0.395. The van der Waals surface area contributed by atoms with Crippen molar-refractivity contribution >= 4 is 28.3 Å². The monoisotopic (exact) mass is 401 g/mol. The highest BCUT2D eigenvalue weighted by atomic mass is 32.2. The molecule has 1 saturated heterocycles. The quantitative estimate of drug-likeness (QED) is 0.376. The molecule has 0 spiro atoms. The van der Waals surface area contributed by atoms with Crippen LogP contribution < -0.4 is 5.56 Å². The Labute approximate surface area is 159 Å². The Hall–Kier alpha value is -1.48. The first-order chi connectivity index (χ1) is 12.3. The summed E-state index contributed by atoms with van der Waals surface area (Å²) >= 11 is 5.15. The highest BCUT2D eigenvalue weighted by Crippen LogP contribution is 2.17. The van der Waals surface area contributed by atoms with Gasteiger partial charge in [-0.15, -0.1) is 0 Å². The third kappa shape index (κ3) is 5.77. The Kier molecular flexibility index (Phi) is 7.57. The van der Waals surface area contributed by atoms with Gasteiger partial charge >= 0.3 is 0 Å². The van der Waals surface area contributed by atoms with Crippen molar-refractivity contribution in [3.05, 3.63) is 20.7 Å². The maximum atomic E-state index is 12.1. The number of aliphatic imine (C=N–C) groups is 1. The maximum Gasteiger partial charge on any atom is 0.264 e. The van der Waals surface area contributed by atoms with Gasteiger partial charge in [0.05, 0.1) is 17.5 Å². The molecule has 1 atom stereocenters. The number of hydrogen-bond donors (Lipinski definition) is 2. The molecule has 1 aromatic heterocycles. The predicted molar refractivity (Wildman–Crippen MR) is 106 cm³/mol. The first kappa shape index (κ1) is 20.8. The van der Waals surface area contributed by atoms with Crippen LogP contribution in [0, 0.1) is 4.77 Å². The number of aromatic nitrogens is 2. The van der Waals surface area contributed by atoms with Crippen molar-refractivity contribution in [2.45, 2.75) is 64.5 Å². The molecule has 1 aromatic rings. The smallest absolute Gasteiger partial charge is 0.264 e. The van der Waals surface area contributed by atoms with Crippen molar-refractivity contribution in [3.8, 4) is 5.88 Å². The molecule has 26 heavy (non-hydrogen) atoms. The zero-order chi connectivity index (χ0) is 19.2. The molecule has 0 aliphatic carbocycles. The molecule has 9 heteroatoms. The highest BCUT2D eigenvalue weighted by molar-refractivity contribution is 7.91. The molecule has 0 bridgehead atoms. The molecule has 2 rings (SSSR count). The molecule has 1 unspecified atom stereocenters. The fourth-order valence-corrected chi connectivity index (χ4v) is 4.93. The second-order valence-electron chi connectivity index (χ2n) is 6.75. The van der Waals surface area contributed by atoms with E-state index in [1.807, 2.05) is 0 Å². The molecular weight excluding hydrogens is 374 g/mol. The molecule has 0 saturated carbocycles. The zero-order valence-corrected chi connectivity index (χ0v) is 16.7. The van der Waals surface area contributed by atoms with E-state index in [2.05, 4.69) is 16.9 Å². The van der Waals surface area contributed by atoms with Crippen LogP contribution >= 0.6 is 12.2 Å². The number of nitrogens with zero attached hydrogens (tertiary/aromatic N) is 2. The fraction of sp³-hybridized carbons (Fsp3) is 0.706. The van der Waals surface area contributed by atoms with Gasteiger partial charge in [0, 0.05) is 12.8 Å². The summed E-state index contributed by atoms with van der Waals surface area (Å²) in [5, 5.41) is 10.4. The summed E-state index contributed by atoms with van der Waals surface area (Å²) in [5.41, 5.74) is -0.495. The van der Waals surface area contributed by atoms with Gasteiger partial charge in [-0.05, 0) is 25.1 Å². The number of aromatic amines is 1. The molecular formula is C17H27N3O4S2. The van der Waals surface area contributed by atoms with Crippen LogP contribution in [0.1, 0.15) is 57.4 Å². The minimum absolute atomic E-state index is 0.0148. The Balaban J connectivity index is 2.08. The molecule has 0 aromatic carbocycles. The number of hydrogen-bond acceptors (Lipinski definition) is 6. The van der Waals surface area contributed by atoms with E-state index in [-0.39, 0.29) is 33.8 Å². The van der Waals surface area contributed by atoms with Crippen LogP contribution in [0.25, 0.3) is 0 Å². The molecule has 2 N–H and O–H groups in total. The highest BCUT2D eigenvalue weighted by Gasteiger charge is 2.27. The Bertz CT molecular complexity index is 856. The van der Waals surface area contributed by atoms with Crippen LogP contribution in [-0.2, 0) is 16.4 Å². The second kappa shape index (κ2) is 9.45. The van der Waals surface area contributed by atoms with Gasteiger partial charge in [0.25, 0.3) is 5.56 Å². The van der Waals surface area contributed by atoms with Gasteiger partial charge in [0.15, 0.2) is 14.6 Å². The maximum absolute atomic E-state index is 12.1. The van der Waals surface area contributed by atoms with E-state index in [9.17, 15) is 18.3 Å².